The highest BCUT2D eigenvalue weighted by Gasteiger charge is 2.14. The van der Waals surface area contributed by atoms with E-state index in [1.165, 1.54) is 0 Å². The summed E-state index contributed by atoms with van der Waals surface area (Å²) in [6.45, 7) is 3.78. The van der Waals surface area contributed by atoms with Crippen LogP contribution in [0.2, 0.25) is 0 Å². The summed E-state index contributed by atoms with van der Waals surface area (Å²) in [5, 5.41) is 0. The summed E-state index contributed by atoms with van der Waals surface area (Å²) in [5.41, 5.74) is 2.92. The number of hydrogen-bond donors (Lipinski definition) is 0. The predicted octanol–water partition coefficient (Wildman–Crippen LogP) is 2.32. The molecule has 16 heavy (non-hydrogen) atoms. The molecule has 0 saturated carbocycles. The normalized spacial score (nSPS) is 10.1. The van der Waals surface area contributed by atoms with E-state index >= 15 is 0 Å². The first-order valence-corrected chi connectivity index (χ1v) is 5.07. The number of pyridine rings is 2. The maximum absolute atomic E-state index is 12.2. The van der Waals surface area contributed by atoms with Crippen molar-refractivity contribution in [1.82, 2.24) is 9.97 Å². The van der Waals surface area contributed by atoms with Crippen molar-refractivity contribution in [1.29, 1.82) is 0 Å². The number of ketones is 1. The van der Waals surface area contributed by atoms with Crippen molar-refractivity contribution < 1.29 is 4.79 Å². The van der Waals surface area contributed by atoms with Crippen molar-refractivity contribution in [2.24, 2.45) is 0 Å². The minimum Gasteiger partial charge on any atom is -0.287 e. The van der Waals surface area contributed by atoms with Gasteiger partial charge >= 0.3 is 0 Å². The second kappa shape index (κ2) is 4.23. The zero-order valence-corrected chi connectivity index (χ0v) is 9.27. The smallest absolute Gasteiger partial charge is 0.213 e. The molecular weight excluding hydrogens is 200 g/mol. The molecule has 0 fully saturated rings. The summed E-state index contributed by atoms with van der Waals surface area (Å²) in [5.74, 6) is -0.0660. The number of hydrogen-bond acceptors (Lipinski definition) is 3. The van der Waals surface area contributed by atoms with Gasteiger partial charge in [0.2, 0.25) is 5.78 Å². The average molecular weight is 212 g/mol. The Bertz CT molecular complexity index is 487. The molecule has 3 heteroatoms. The highest BCUT2D eigenvalue weighted by Crippen LogP contribution is 2.13. The molecule has 0 aliphatic carbocycles. The Morgan fingerprint density at radius 1 is 1.12 bits per heavy atom. The molecule has 0 saturated heterocycles. The summed E-state index contributed by atoms with van der Waals surface area (Å²) < 4.78 is 0. The van der Waals surface area contributed by atoms with E-state index in [1.807, 2.05) is 32.0 Å². The SMILES string of the molecule is Cc1ccncc1C(=O)c1ncccc1C. The van der Waals surface area contributed by atoms with Crippen LogP contribution in [-0.4, -0.2) is 15.8 Å². The van der Waals surface area contributed by atoms with Gasteiger partial charge in [0.05, 0.1) is 0 Å². The van der Waals surface area contributed by atoms with Crippen molar-refractivity contribution in [2.45, 2.75) is 13.8 Å². The maximum atomic E-state index is 12.2. The van der Waals surface area contributed by atoms with E-state index in [2.05, 4.69) is 9.97 Å². The number of carbonyl (C=O) groups is 1. The summed E-state index contributed by atoms with van der Waals surface area (Å²) >= 11 is 0. The Hall–Kier alpha value is -2.03. The molecule has 2 rings (SSSR count). The fourth-order valence-electron chi connectivity index (χ4n) is 1.55. The Balaban J connectivity index is 2.48. The van der Waals surface area contributed by atoms with Gasteiger partial charge in [-0.1, -0.05) is 6.07 Å². The zero-order valence-electron chi connectivity index (χ0n) is 9.27. The molecule has 0 aliphatic heterocycles. The lowest BCUT2D eigenvalue weighted by atomic mass is 10.0. The van der Waals surface area contributed by atoms with Gasteiger partial charge in [0.1, 0.15) is 5.69 Å². The van der Waals surface area contributed by atoms with Crippen molar-refractivity contribution in [3.05, 3.63) is 59.2 Å². The number of carbonyl (C=O) groups excluding carboxylic acids is 1. The van der Waals surface area contributed by atoms with Gasteiger partial charge in [0, 0.05) is 24.2 Å². The lowest BCUT2D eigenvalue weighted by Crippen LogP contribution is -2.08. The third kappa shape index (κ3) is 1.84. The van der Waals surface area contributed by atoms with Gasteiger partial charge < -0.3 is 0 Å². The second-order valence-corrected chi connectivity index (χ2v) is 3.69. The van der Waals surface area contributed by atoms with Crippen LogP contribution in [0.25, 0.3) is 0 Å². The fourth-order valence-corrected chi connectivity index (χ4v) is 1.55. The molecule has 2 aromatic heterocycles. The van der Waals surface area contributed by atoms with Gasteiger partial charge in [-0.25, -0.2) is 0 Å². The molecule has 0 bridgehead atoms. The summed E-state index contributed by atoms with van der Waals surface area (Å²) in [6.07, 6.45) is 4.90. The zero-order chi connectivity index (χ0) is 11.5. The molecule has 0 spiro atoms. The Morgan fingerprint density at radius 3 is 2.62 bits per heavy atom. The first kappa shape index (κ1) is 10.5. The van der Waals surface area contributed by atoms with Crippen LogP contribution in [0.1, 0.15) is 27.2 Å². The van der Waals surface area contributed by atoms with Crippen LogP contribution in [0.15, 0.2) is 36.8 Å². The summed E-state index contributed by atoms with van der Waals surface area (Å²) in [6, 6.07) is 5.53. The number of aromatic nitrogens is 2. The first-order valence-electron chi connectivity index (χ1n) is 5.07. The molecule has 0 unspecified atom stereocenters. The van der Waals surface area contributed by atoms with Gasteiger partial charge in [0.15, 0.2) is 0 Å². The summed E-state index contributed by atoms with van der Waals surface area (Å²) in [7, 11) is 0. The number of nitrogens with zero attached hydrogens (tertiary/aromatic N) is 2. The molecule has 0 amide bonds. The van der Waals surface area contributed by atoms with Gasteiger partial charge in [-0.3, -0.25) is 14.8 Å². The molecule has 2 heterocycles. The van der Waals surface area contributed by atoms with E-state index in [0.717, 1.165) is 11.1 Å². The van der Waals surface area contributed by atoms with Crippen molar-refractivity contribution in [3.63, 3.8) is 0 Å². The van der Waals surface area contributed by atoms with E-state index in [0.29, 0.717) is 11.3 Å². The van der Waals surface area contributed by atoms with Crippen LogP contribution < -0.4 is 0 Å². The molecular formula is C13H12N2O. The van der Waals surface area contributed by atoms with Gasteiger partial charge in [-0.05, 0) is 37.1 Å². The molecule has 80 valence electrons. The van der Waals surface area contributed by atoms with E-state index in [-0.39, 0.29) is 5.78 Å². The largest absolute Gasteiger partial charge is 0.287 e. The minimum absolute atomic E-state index is 0.0660. The topological polar surface area (TPSA) is 42.9 Å². The standard InChI is InChI=1S/C13H12N2O/c1-9-5-7-14-8-11(9)13(16)12-10(2)4-3-6-15-12/h3-8H,1-2H3. The predicted molar refractivity (Wildman–Crippen MR) is 61.4 cm³/mol. The highest BCUT2D eigenvalue weighted by atomic mass is 16.1. The van der Waals surface area contributed by atoms with Gasteiger partial charge in [-0.2, -0.15) is 0 Å². The van der Waals surface area contributed by atoms with Crippen molar-refractivity contribution in [3.8, 4) is 0 Å². The molecule has 2 aromatic rings. The summed E-state index contributed by atoms with van der Waals surface area (Å²) in [4.78, 5) is 20.3. The Labute approximate surface area is 94.2 Å². The number of aryl methyl sites for hydroxylation is 2. The van der Waals surface area contributed by atoms with Crippen LogP contribution in [0, 0.1) is 13.8 Å². The fraction of sp³-hybridized carbons (Fsp3) is 0.154. The third-order valence-corrected chi connectivity index (χ3v) is 2.51. The minimum atomic E-state index is -0.0660. The molecule has 0 atom stereocenters. The maximum Gasteiger partial charge on any atom is 0.213 e. The van der Waals surface area contributed by atoms with E-state index in [9.17, 15) is 4.79 Å². The molecule has 0 radical (unpaired) electrons. The van der Waals surface area contributed by atoms with Crippen molar-refractivity contribution >= 4 is 5.78 Å². The average Bonchev–Trinajstić information content (AvgIpc) is 2.29. The lowest BCUT2D eigenvalue weighted by Gasteiger charge is -2.05. The van der Waals surface area contributed by atoms with E-state index in [1.54, 1.807) is 18.6 Å². The molecule has 3 nitrogen and oxygen atoms in total. The van der Waals surface area contributed by atoms with Crippen LogP contribution in [0.5, 0.6) is 0 Å². The molecule has 0 N–H and O–H groups in total. The van der Waals surface area contributed by atoms with Crippen LogP contribution >= 0.6 is 0 Å². The van der Waals surface area contributed by atoms with Crippen LogP contribution in [0.3, 0.4) is 0 Å². The molecule has 0 aliphatic rings. The van der Waals surface area contributed by atoms with Crippen LogP contribution in [-0.2, 0) is 0 Å². The van der Waals surface area contributed by atoms with E-state index < -0.39 is 0 Å². The van der Waals surface area contributed by atoms with E-state index in [4.69, 9.17) is 0 Å². The monoisotopic (exact) mass is 212 g/mol. The Kier molecular flexibility index (Phi) is 2.77. The molecule has 0 aromatic carbocycles. The second-order valence-electron chi connectivity index (χ2n) is 3.69. The Morgan fingerprint density at radius 2 is 1.94 bits per heavy atom. The lowest BCUT2D eigenvalue weighted by molar-refractivity contribution is 0.103. The number of rotatable bonds is 2. The van der Waals surface area contributed by atoms with Gasteiger partial charge in [-0.15, -0.1) is 0 Å². The first-order chi connectivity index (χ1) is 7.70. The van der Waals surface area contributed by atoms with Crippen molar-refractivity contribution in [2.75, 3.05) is 0 Å². The highest BCUT2D eigenvalue weighted by molar-refractivity contribution is 6.09. The van der Waals surface area contributed by atoms with Crippen LogP contribution in [0.4, 0.5) is 0 Å². The third-order valence-electron chi connectivity index (χ3n) is 2.51. The quantitative estimate of drug-likeness (QED) is 0.717. The van der Waals surface area contributed by atoms with Gasteiger partial charge in [0.25, 0.3) is 0 Å².